The molecular weight excluding hydrogens is 292 g/mol. The standard InChI is InChI=1S/C9H16N4O4S2/c14-18(15)5-3-8(6-18)19(16,17)12-4-1-2-9-10-7-11-13-9/h7-8,12H,1-6H2,(H,10,11,13). The van der Waals surface area contributed by atoms with Crippen LogP contribution in [0.15, 0.2) is 6.33 Å². The van der Waals surface area contributed by atoms with Crippen LogP contribution < -0.4 is 4.72 Å². The fourth-order valence-electron chi connectivity index (χ4n) is 1.94. The number of aromatic amines is 1. The molecule has 10 heteroatoms. The van der Waals surface area contributed by atoms with E-state index in [0.29, 0.717) is 18.7 Å². The number of sulfone groups is 1. The molecule has 1 unspecified atom stereocenters. The summed E-state index contributed by atoms with van der Waals surface area (Å²) < 4.78 is 48.7. The molecule has 8 nitrogen and oxygen atoms in total. The highest BCUT2D eigenvalue weighted by Gasteiger charge is 2.36. The average molecular weight is 308 g/mol. The van der Waals surface area contributed by atoms with Gasteiger partial charge in [-0.1, -0.05) is 0 Å². The molecule has 1 fully saturated rings. The first-order chi connectivity index (χ1) is 8.89. The Kier molecular flexibility index (Phi) is 4.21. The van der Waals surface area contributed by atoms with Crippen molar-refractivity contribution < 1.29 is 16.8 Å². The lowest BCUT2D eigenvalue weighted by Gasteiger charge is -2.10. The lowest BCUT2D eigenvalue weighted by Crippen LogP contribution is -2.35. The Morgan fingerprint density at radius 3 is 2.84 bits per heavy atom. The van der Waals surface area contributed by atoms with Gasteiger partial charge in [-0.25, -0.2) is 26.5 Å². The van der Waals surface area contributed by atoms with E-state index in [-0.39, 0.29) is 24.5 Å². The third-order valence-electron chi connectivity index (χ3n) is 2.99. The van der Waals surface area contributed by atoms with E-state index in [1.807, 2.05) is 0 Å². The Morgan fingerprint density at radius 1 is 1.47 bits per heavy atom. The summed E-state index contributed by atoms with van der Waals surface area (Å²) in [5.41, 5.74) is 0. The fourth-order valence-corrected chi connectivity index (χ4v) is 6.07. The summed E-state index contributed by atoms with van der Waals surface area (Å²) in [5, 5.41) is 5.55. The smallest absolute Gasteiger partial charge is 0.215 e. The number of rotatable bonds is 6. The van der Waals surface area contributed by atoms with Gasteiger partial charge in [0, 0.05) is 13.0 Å². The van der Waals surface area contributed by atoms with Gasteiger partial charge in [0.1, 0.15) is 12.2 Å². The molecule has 2 heterocycles. The summed E-state index contributed by atoms with van der Waals surface area (Å²) in [5.74, 6) is 0.379. The minimum Gasteiger partial charge on any atom is -0.263 e. The van der Waals surface area contributed by atoms with Crippen LogP contribution in [0, 0.1) is 0 Å². The first kappa shape index (κ1) is 14.4. The van der Waals surface area contributed by atoms with Crippen molar-refractivity contribution in [2.45, 2.75) is 24.5 Å². The maximum atomic E-state index is 11.9. The first-order valence-corrected chi connectivity index (χ1v) is 9.29. The number of aromatic nitrogens is 3. The van der Waals surface area contributed by atoms with Crippen molar-refractivity contribution in [1.29, 1.82) is 0 Å². The highest BCUT2D eigenvalue weighted by Crippen LogP contribution is 2.17. The minimum atomic E-state index is -3.55. The number of hydrogen-bond acceptors (Lipinski definition) is 6. The summed E-state index contributed by atoms with van der Waals surface area (Å²) in [6.45, 7) is 0.263. The molecule has 0 bridgehead atoms. The second-order valence-electron chi connectivity index (χ2n) is 4.50. The molecule has 1 atom stereocenters. The molecule has 1 aromatic rings. The monoisotopic (exact) mass is 308 g/mol. The van der Waals surface area contributed by atoms with Crippen molar-refractivity contribution >= 4 is 19.9 Å². The van der Waals surface area contributed by atoms with Gasteiger partial charge in [0.05, 0.1) is 16.8 Å². The van der Waals surface area contributed by atoms with Gasteiger partial charge in [-0.15, -0.1) is 0 Å². The van der Waals surface area contributed by atoms with Gasteiger partial charge in [-0.2, -0.15) is 5.10 Å². The third kappa shape index (κ3) is 3.98. The van der Waals surface area contributed by atoms with Crippen LogP contribution in [0.25, 0.3) is 0 Å². The van der Waals surface area contributed by atoms with Gasteiger partial charge in [-0.3, -0.25) is 5.10 Å². The molecule has 0 saturated carbocycles. The molecule has 108 valence electrons. The largest absolute Gasteiger partial charge is 0.263 e. The van der Waals surface area contributed by atoms with Crippen molar-refractivity contribution in [1.82, 2.24) is 19.9 Å². The Labute approximate surface area is 112 Å². The zero-order chi connectivity index (χ0) is 13.9. The minimum absolute atomic E-state index is 0.0450. The van der Waals surface area contributed by atoms with Crippen LogP contribution in [0.5, 0.6) is 0 Å². The molecule has 0 amide bonds. The Balaban J connectivity index is 1.78. The topological polar surface area (TPSA) is 122 Å². The van der Waals surface area contributed by atoms with E-state index in [9.17, 15) is 16.8 Å². The van der Waals surface area contributed by atoms with Crippen molar-refractivity contribution in [2.24, 2.45) is 0 Å². The Morgan fingerprint density at radius 2 is 2.26 bits per heavy atom. The molecule has 0 radical (unpaired) electrons. The van der Waals surface area contributed by atoms with Gasteiger partial charge >= 0.3 is 0 Å². The maximum absolute atomic E-state index is 11.9. The molecule has 1 saturated heterocycles. The summed E-state index contributed by atoms with van der Waals surface area (Å²) in [7, 11) is -6.73. The molecule has 19 heavy (non-hydrogen) atoms. The molecular formula is C9H16N4O4S2. The summed E-state index contributed by atoms with van der Waals surface area (Å²) >= 11 is 0. The van der Waals surface area contributed by atoms with Crippen molar-refractivity contribution in [2.75, 3.05) is 18.1 Å². The zero-order valence-electron chi connectivity index (χ0n) is 10.2. The van der Waals surface area contributed by atoms with E-state index in [4.69, 9.17) is 0 Å². The summed E-state index contributed by atoms with van der Waals surface area (Å²) in [4.78, 5) is 3.92. The van der Waals surface area contributed by atoms with E-state index in [1.54, 1.807) is 0 Å². The zero-order valence-corrected chi connectivity index (χ0v) is 11.9. The van der Waals surface area contributed by atoms with Crippen LogP contribution in [0.2, 0.25) is 0 Å². The Bertz CT molecular complexity index is 609. The molecule has 2 N–H and O–H groups in total. The average Bonchev–Trinajstić information content (AvgIpc) is 2.94. The molecule has 1 aliphatic rings. The molecule has 2 rings (SSSR count). The van der Waals surface area contributed by atoms with Crippen LogP contribution in [0.4, 0.5) is 0 Å². The van der Waals surface area contributed by atoms with Crippen LogP contribution in [0.3, 0.4) is 0 Å². The predicted molar refractivity (Wildman–Crippen MR) is 68.7 cm³/mol. The summed E-state index contributed by atoms with van der Waals surface area (Å²) in [6.07, 6.45) is 2.74. The van der Waals surface area contributed by atoms with Gasteiger partial charge in [0.2, 0.25) is 10.0 Å². The third-order valence-corrected chi connectivity index (χ3v) is 6.85. The van der Waals surface area contributed by atoms with Gasteiger partial charge in [-0.05, 0) is 12.8 Å². The highest BCUT2D eigenvalue weighted by molar-refractivity contribution is 7.95. The van der Waals surface area contributed by atoms with E-state index < -0.39 is 25.1 Å². The van der Waals surface area contributed by atoms with Gasteiger partial charge < -0.3 is 0 Å². The number of nitrogens with one attached hydrogen (secondary N) is 2. The van der Waals surface area contributed by atoms with Crippen LogP contribution in [-0.4, -0.2) is 55.3 Å². The molecule has 0 aromatic carbocycles. The number of hydrogen-bond donors (Lipinski definition) is 2. The maximum Gasteiger partial charge on any atom is 0.215 e. The highest BCUT2D eigenvalue weighted by atomic mass is 32.2. The van der Waals surface area contributed by atoms with Gasteiger partial charge in [0.25, 0.3) is 0 Å². The second kappa shape index (κ2) is 5.55. The first-order valence-electron chi connectivity index (χ1n) is 5.92. The molecule has 1 aliphatic heterocycles. The van der Waals surface area contributed by atoms with Crippen LogP contribution >= 0.6 is 0 Å². The Hall–Kier alpha value is -1.00. The normalized spacial score (nSPS) is 22.6. The number of aryl methyl sites for hydroxylation is 1. The second-order valence-corrected chi connectivity index (χ2v) is 8.77. The van der Waals surface area contributed by atoms with Crippen molar-refractivity contribution in [3.05, 3.63) is 12.2 Å². The quantitative estimate of drug-likeness (QED) is 0.639. The lowest BCUT2D eigenvalue weighted by atomic mass is 10.3. The fraction of sp³-hybridized carbons (Fsp3) is 0.778. The predicted octanol–water partition coefficient (Wildman–Crippen LogP) is -1.16. The van der Waals surface area contributed by atoms with Crippen molar-refractivity contribution in [3.8, 4) is 0 Å². The summed E-state index contributed by atoms with van der Waals surface area (Å²) in [6, 6.07) is 0. The molecule has 0 aliphatic carbocycles. The van der Waals surface area contributed by atoms with Gasteiger partial charge in [0.15, 0.2) is 9.84 Å². The van der Waals surface area contributed by atoms with Crippen LogP contribution in [0.1, 0.15) is 18.7 Å². The van der Waals surface area contributed by atoms with E-state index in [1.165, 1.54) is 6.33 Å². The number of sulfonamides is 1. The van der Waals surface area contributed by atoms with Crippen molar-refractivity contribution in [3.63, 3.8) is 0 Å². The van der Waals surface area contributed by atoms with E-state index in [2.05, 4.69) is 19.9 Å². The SMILES string of the molecule is O=S1(=O)CCC(S(=O)(=O)NCCCc2ncn[nH]2)C1. The molecule has 0 spiro atoms. The lowest BCUT2D eigenvalue weighted by molar-refractivity contribution is 0.565. The molecule has 1 aromatic heterocycles. The number of nitrogens with zero attached hydrogens (tertiary/aromatic N) is 2. The van der Waals surface area contributed by atoms with Crippen LogP contribution in [-0.2, 0) is 26.3 Å². The van der Waals surface area contributed by atoms with E-state index >= 15 is 0 Å². The number of H-pyrrole nitrogens is 1. The van der Waals surface area contributed by atoms with E-state index in [0.717, 1.165) is 0 Å².